The van der Waals surface area contributed by atoms with Gasteiger partial charge in [-0.2, -0.15) is 4.31 Å². The Kier molecular flexibility index (Phi) is 5.08. The minimum absolute atomic E-state index is 0.0102. The van der Waals surface area contributed by atoms with Gasteiger partial charge in [0.05, 0.1) is 9.82 Å². The zero-order valence-electron chi connectivity index (χ0n) is 12.7. The van der Waals surface area contributed by atoms with Crippen molar-refractivity contribution < 1.29 is 28.0 Å². The van der Waals surface area contributed by atoms with E-state index in [1.807, 2.05) is 5.43 Å². The van der Waals surface area contributed by atoms with Crippen molar-refractivity contribution in [1.29, 1.82) is 0 Å². The first kappa shape index (κ1) is 18.4. The Labute approximate surface area is 141 Å². The molecule has 0 bridgehead atoms. The molecule has 0 saturated carbocycles. The van der Waals surface area contributed by atoms with Gasteiger partial charge in [-0.25, -0.2) is 13.2 Å². The standard InChI is InChI=1S/C12H15N5O7S/c13-12(20)15-14-8-4-3-7(6-10(8)17(21)22)25(23,24)16-5-1-2-9(16)11(18)19/h3-4,6,9,14H,1-2,5H2,(H,18,19)(H3,13,15,20). The first-order valence-corrected chi connectivity index (χ1v) is 8.43. The smallest absolute Gasteiger partial charge is 0.330 e. The lowest BCUT2D eigenvalue weighted by molar-refractivity contribution is -0.384. The van der Waals surface area contributed by atoms with Crippen LogP contribution >= 0.6 is 0 Å². The predicted molar refractivity (Wildman–Crippen MR) is 84.0 cm³/mol. The molecule has 1 aromatic rings. The van der Waals surface area contributed by atoms with Crippen LogP contribution in [0, 0.1) is 10.1 Å². The van der Waals surface area contributed by atoms with Gasteiger partial charge in [-0.05, 0) is 25.0 Å². The molecule has 13 heteroatoms. The molecule has 2 rings (SSSR count). The summed E-state index contributed by atoms with van der Waals surface area (Å²) in [6.07, 6.45) is 0.541. The number of nitrogens with two attached hydrogens (primary N) is 1. The topological polar surface area (TPSA) is 185 Å². The van der Waals surface area contributed by atoms with Crippen molar-refractivity contribution in [2.24, 2.45) is 5.73 Å². The molecule has 1 heterocycles. The van der Waals surface area contributed by atoms with Crippen molar-refractivity contribution in [1.82, 2.24) is 9.73 Å². The molecule has 0 radical (unpaired) electrons. The summed E-state index contributed by atoms with van der Waals surface area (Å²) in [5.74, 6) is -1.28. The summed E-state index contributed by atoms with van der Waals surface area (Å²) in [5.41, 5.74) is 8.19. The molecule has 1 aromatic carbocycles. The third-order valence-corrected chi connectivity index (χ3v) is 5.49. The summed E-state index contributed by atoms with van der Waals surface area (Å²) in [4.78, 5) is 31.8. The molecule has 0 aromatic heterocycles. The molecule has 1 aliphatic rings. The number of sulfonamides is 1. The summed E-state index contributed by atoms with van der Waals surface area (Å²) in [7, 11) is -4.23. The first-order valence-electron chi connectivity index (χ1n) is 6.99. The fraction of sp³-hybridized carbons (Fsp3) is 0.333. The largest absolute Gasteiger partial charge is 0.480 e. The molecule has 25 heavy (non-hydrogen) atoms. The van der Waals surface area contributed by atoms with E-state index >= 15 is 0 Å². The summed E-state index contributed by atoms with van der Waals surface area (Å²) in [6.45, 7) is 0.0102. The number of nitro groups is 1. The van der Waals surface area contributed by atoms with Gasteiger partial charge in [0.25, 0.3) is 5.69 Å². The summed E-state index contributed by atoms with van der Waals surface area (Å²) in [5, 5.41) is 20.3. The van der Waals surface area contributed by atoms with E-state index in [4.69, 9.17) is 10.8 Å². The molecular weight excluding hydrogens is 358 g/mol. The SMILES string of the molecule is NC(=O)NNc1ccc(S(=O)(=O)N2CCCC2C(=O)O)cc1[N+](=O)[O-]. The van der Waals surface area contributed by atoms with Crippen molar-refractivity contribution in [3.05, 3.63) is 28.3 Å². The van der Waals surface area contributed by atoms with Gasteiger partial charge in [-0.1, -0.05) is 0 Å². The van der Waals surface area contributed by atoms with E-state index in [9.17, 15) is 28.1 Å². The maximum atomic E-state index is 12.6. The maximum absolute atomic E-state index is 12.6. The minimum Gasteiger partial charge on any atom is -0.480 e. The van der Waals surface area contributed by atoms with Gasteiger partial charge in [-0.3, -0.25) is 25.8 Å². The molecule has 1 unspecified atom stereocenters. The zero-order chi connectivity index (χ0) is 18.8. The number of anilines is 1. The minimum atomic E-state index is -4.23. The number of nitrogens with one attached hydrogen (secondary N) is 2. The van der Waals surface area contributed by atoms with Crippen molar-refractivity contribution in [3.8, 4) is 0 Å². The third kappa shape index (κ3) is 3.77. The second kappa shape index (κ2) is 6.90. The summed E-state index contributed by atoms with van der Waals surface area (Å²) >= 11 is 0. The van der Waals surface area contributed by atoms with Crippen LogP contribution in [0.15, 0.2) is 23.1 Å². The first-order chi connectivity index (χ1) is 11.6. The lowest BCUT2D eigenvalue weighted by Gasteiger charge is -2.21. The molecule has 1 atom stereocenters. The van der Waals surface area contributed by atoms with E-state index in [2.05, 4.69) is 5.43 Å². The van der Waals surface area contributed by atoms with E-state index in [-0.39, 0.29) is 18.7 Å². The molecule has 1 aliphatic heterocycles. The van der Waals surface area contributed by atoms with Gasteiger partial charge >= 0.3 is 12.0 Å². The van der Waals surface area contributed by atoms with Crippen LogP contribution in [0.4, 0.5) is 16.2 Å². The monoisotopic (exact) mass is 373 g/mol. The van der Waals surface area contributed by atoms with Gasteiger partial charge in [0.15, 0.2) is 0 Å². The molecule has 2 amide bonds. The van der Waals surface area contributed by atoms with Gasteiger partial charge < -0.3 is 10.8 Å². The summed E-state index contributed by atoms with van der Waals surface area (Å²) in [6, 6.07) is 0.736. The molecule has 12 nitrogen and oxygen atoms in total. The Morgan fingerprint density at radius 3 is 2.64 bits per heavy atom. The van der Waals surface area contributed by atoms with Crippen LogP contribution < -0.4 is 16.6 Å². The van der Waals surface area contributed by atoms with Crippen LogP contribution in [0.1, 0.15) is 12.8 Å². The number of rotatable bonds is 6. The number of carboxylic acid groups (broad SMARTS) is 1. The number of nitro benzene ring substituents is 1. The van der Waals surface area contributed by atoms with Crippen LogP contribution in [-0.4, -0.2) is 47.3 Å². The highest BCUT2D eigenvalue weighted by molar-refractivity contribution is 7.89. The maximum Gasteiger partial charge on any atom is 0.330 e. The van der Waals surface area contributed by atoms with E-state index in [1.165, 1.54) is 0 Å². The van der Waals surface area contributed by atoms with Crippen molar-refractivity contribution in [2.45, 2.75) is 23.8 Å². The average Bonchev–Trinajstić information content (AvgIpc) is 3.03. The number of hydrogen-bond acceptors (Lipinski definition) is 7. The zero-order valence-corrected chi connectivity index (χ0v) is 13.5. The number of urea groups is 1. The highest BCUT2D eigenvalue weighted by atomic mass is 32.2. The third-order valence-electron chi connectivity index (χ3n) is 3.58. The van der Waals surface area contributed by atoms with Gasteiger partial charge in [0.2, 0.25) is 10.0 Å². The Morgan fingerprint density at radius 1 is 1.40 bits per heavy atom. The summed E-state index contributed by atoms with van der Waals surface area (Å²) < 4.78 is 26.1. The highest BCUT2D eigenvalue weighted by Gasteiger charge is 2.40. The van der Waals surface area contributed by atoms with Gasteiger partial charge in [-0.15, -0.1) is 0 Å². The molecule has 1 saturated heterocycles. The predicted octanol–water partition coefficient (Wildman–Crippen LogP) is -0.172. The number of carbonyl (C=O) groups is 2. The fourth-order valence-electron chi connectivity index (χ4n) is 2.47. The Bertz CT molecular complexity index is 825. The lowest BCUT2D eigenvalue weighted by Crippen LogP contribution is -2.40. The van der Waals surface area contributed by atoms with Gasteiger partial charge in [0.1, 0.15) is 11.7 Å². The second-order valence-corrected chi connectivity index (χ2v) is 7.05. The van der Waals surface area contributed by atoms with Crippen LogP contribution in [0.5, 0.6) is 0 Å². The number of benzene rings is 1. The Morgan fingerprint density at radius 2 is 2.08 bits per heavy atom. The fourth-order valence-corrected chi connectivity index (χ4v) is 4.14. The van der Waals surface area contributed by atoms with E-state index in [0.29, 0.717) is 6.42 Å². The lowest BCUT2D eigenvalue weighted by atomic mass is 10.2. The number of primary amides is 1. The number of carbonyl (C=O) groups excluding carboxylic acids is 1. The molecular formula is C12H15N5O7S. The molecule has 5 N–H and O–H groups in total. The van der Waals surface area contributed by atoms with Crippen LogP contribution in [0.2, 0.25) is 0 Å². The second-order valence-electron chi connectivity index (χ2n) is 5.16. The van der Waals surface area contributed by atoms with E-state index < -0.39 is 43.6 Å². The Hall–Kier alpha value is -2.93. The van der Waals surface area contributed by atoms with Crippen molar-refractivity contribution in [3.63, 3.8) is 0 Å². The number of nitrogens with zero attached hydrogens (tertiary/aromatic N) is 2. The van der Waals surface area contributed by atoms with Crippen molar-refractivity contribution in [2.75, 3.05) is 12.0 Å². The number of amides is 2. The molecule has 136 valence electrons. The highest BCUT2D eigenvalue weighted by Crippen LogP contribution is 2.31. The number of hydrogen-bond donors (Lipinski definition) is 4. The molecule has 0 aliphatic carbocycles. The molecule has 0 spiro atoms. The van der Waals surface area contributed by atoms with Crippen LogP contribution in [0.25, 0.3) is 0 Å². The normalized spacial score (nSPS) is 17.8. The van der Waals surface area contributed by atoms with Crippen LogP contribution in [-0.2, 0) is 14.8 Å². The van der Waals surface area contributed by atoms with Crippen LogP contribution in [0.3, 0.4) is 0 Å². The van der Waals surface area contributed by atoms with E-state index in [0.717, 1.165) is 22.5 Å². The molecule has 1 fully saturated rings. The number of aliphatic carboxylic acids is 1. The Balaban J connectivity index is 2.41. The number of hydrazine groups is 1. The van der Waals surface area contributed by atoms with Crippen molar-refractivity contribution >= 4 is 33.4 Å². The number of carboxylic acids is 1. The van der Waals surface area contributed by atoms with Gasteiger partial charge in [0, 0.05) is 12.6 Å². The average molecular weight is 373 g/mol. The van der Waals surface area contributed by atoms with E-state index in [1.54, 1.807) is 0 Å². The quantitative estimate of drug-likeness (QED) is 0.391.